The second-order valence-electron chi connectivity index (χ2n) is 9.21. The van der Waals surface area contributed by atoms with E-state index in [1.165, 1.54) is 6.07 Å². The number of carbonyl (C=O) groups excluding carboxylic acids is 1. The largest absolute Gasteiger partial charge is 0.376 e. The van der Waals surface area contributed by atoms with Gasteiger partial charge in [0.1, 0.15) is 23.7 Å². The Labute approximate surface area is 202 Å². The fourth-order valence-electron chi connectivity index (χ4n) is 3.97. The molecule has 1 aliphatic rings. The predicted octanol–water partition coefficient (Wildman–Crippen LogP) is 4.44. The van der Waals surface area contributed by atoms with Gasteiger partial charge in [-0.05, 0) is 44.9 Å². The molecular formula is C25H27FN8O. The van der Waals surface area contributed by atoms with Crippen LogP contribution in [0.3, 0.4) is 0 Å². The van der Waals surface area contributed by atoms with Crippen LogP contribution in [0.15, 0.2) is 49.2 Å². The highest BCUT2D eigenvalue weighted by atomic mass is 19.1. The highest BCUT2D eigenvalue weighted by Crippen LogP contribution is 2.39. The molecule has 1 saturated carbocycles. The van der Waals surface area contributed by atoms with E-state index in [2.05, 4.69) is 25.5 Å². The summed E-state index contributed by atoms with van der Waals surface area (Å²) in [6.45, 7) is 4.04. The summed E-state index contributed by atoms with van der Waals surface area (Å²) in [5.41, 5.74) is 2.81. The average Bonchev–Trinajstić information content (AvgIpc) is 3.34. The zero-order valence-corrected chi connectivity index (χ0v) is 20.1. The Hall–Kier alpha value is -4.08. The van der Waals surface area contributed by atoms with Crippen LogP contribution in [-0.2, 0) is 0 Å². The first-order valence-electron chi connectivity index (χ1n) is 11.5. The number of hydrogen-bond donors (Lipinski definition) is 1. The molecule has 0 radical (unpaired) electrons. The van der Waals surface area contributed by atoms with Gasteiger partial charge in [0.25, 0.3) is 5.91 Å². The normalized spacial score (nSPS) is 13.3. The van der Waals surface area contributed by atoms with Gasteiger partial charge in [-0.15, -0.1) is 10.2 Å². The van der Waals surface area contributed by atoms with Gasteiger partial charge in [-0.2, -0.15) is 0 Å². The summed E-state index contributed by atoms with van der Waals surface area (Å²) in [5.74, 6) is 0.162. The lowest BCUT2D eigenvalue weighted by molar-refractivity contribution is 0.102. The van der Waals surface area contributed by atoms with Gasteiger partial charge in [-0.1, -0.05) is 6.07 Å². The molecule has 0 spiro atoms. The molecule has 0 bridgehead atoms. The van der Waals surface area contributed by atoms with Crippen LogP contribution in [0, 0.1) is 5.82 Å². The van der Waals surface area contributed by atoms with Gasteiger partial charge < -0.3 is 19.4 Å². The molecule has 3 aromatic heterocycles. The molecule has 1 aliphatic carbocycles. The molecule has 0 aliphatic heterocycles. The van der Waals surface area contributed by atoms with E-state index in [9.17, 15) is 4.79 Å². The minimum absolute atomic E-state index is 0.0789. The van der Waals surface area contributed by atoms with Crippen LogP contribution in [0.2, 0.25) is 0 Å². The van der Waals surface area contributed by atoms with Gasteiger partial charge in [0.15, 0.2) is 5.82 Å². The first-order chi connectivity index (χ1) is 16.8. The van der Waals surface area contributed by atoms with E-state index in [0.717, 1.165) is 18.5 Å². The van der Waals surface area contributed by atoms with Crippen molar-refractivity contribution in [3.8, 4) is 17.2 Å². The summed E-state index contributed by atoms with van der Waals surface area (Å²) >= 11 is 0. The Morgan fingerprint density at radius 1 is 1.20 bits per heavy atom. The Morgan fingerprint density at radius 2 is 2.00 bits per heavy atom. The molecule has 0 atom stereocenters. The molecule has 1 amide bonds. The maximum atomic E-state index is 15.1. The van der Waals surface area contributed by atoms with Gasteiger partial charge in [-0.3, -0.25) is 4.79 Å². The molecule has 0 saturated heterocycles. The number of nitrogens with zero attached hydrogens (tertiary/aromatic N) is 7. The number of hydrogen-bond acceptors (Lipinski definition) is 6. The number of pyridine rings is 1. The van der Waals surface area contributed by atoms with E-state index in [4.69, 9.17) is 0 Å². The van der Waals surface area contributed by atoms with Crippen molar-refractivity contribution in [3.63, 3.8) is 0 Å². The third kappa shape index (κ3) is 4.51. The quantitative estimate of drug-likeness (QED) is 0.426. The number of anilines is 2. The van der Waals surface area contributed by atoms with Crippen LogP contribution in [0.1, 0.15) is 54.7 Å². The van der Waals surface area contributed by atoms with Gasteiger partial charge in [-0.25, -0.2) is 14.4 Å². The van der Waals surface area contributed by atoms with Crippen LogP contribution in [0.4, 0.5) is 15.9 Å². The average molecular weight is 475 g/mol. The molecule has 180 valence electrons. The molecule has 1 N–H and O–H groups in total. The second-order valence-corrected chi connectivity index (χ2v) is 9.21. The number of aromatic nitrogens is 6. The summed E-state index contributed by atoms with van der Waals surface area (Å²) in [7, 11) is 3.67. The summed E-state index contributed by atoms with van der Waals surface area (Å²) < 4.78 is 18.8. The Morgan fingerprint density at radius 3 is 2.71 bits per heavy atom. The minimum atomic E-state index is -0.617. The summed E-state index contributed by atoms with van der Waals surface area (Å²) in [6.07, 6.45) is 7.57. The third-order valence-corrected chi connectivity index (χ3v) is 6.02. The van der Waals surface area contributed by atoms with Crippen LogP contribution >= 0.6 is 0 Å². The Balaban J connectivity index is 1.46. The van der Waals surface area contributed by atoms with E-state index < -0.39 is 11.7 Å². The van der Waals surface area contributed by atoms with E-state index in [1.807, 2.05) is 48.2 Å². The number of halogens is 1. The van der Waals surface area contributed by atoms with Crippen molar-refractivity contribution in [2.24, 2.45) is 0 Å². The zero-order chi connectivity index (χ0) is 24.7. The molecule has 1 fully saturated rings. The van der Waals surface area contributed by atoms with Gasteiger partial charge in [0.05, 0.1) is 29.0 Å². The van der Waals surface area contributed by atoms with Crippen LogP contribution in [0.5, 0.6) is 0 Å². The van der Waals surface area contributed by atoms with Crippen molar-refractivity contribution >= 4 is 17.4 Å². The number of nitrogens with one attached hydrogen (secondary N) is 1. The summed E-state index contributed by atoms with van der Waals surface area (Å²) in [6, 6.07) is 8.28. The molecule has 9 nitrogen and oxygen atoms in total. The Bertz CT molecular complexity index is 1390. The first-order valence-corrected chi connectivity index (χ1v) is 11.5. The van der Waals surface area contributed by atoms with Crippen molar-refractivity contribution in [1.29, 1.82) is 0 Å². The van der Waals surface area contributed by atoms with Crippen molar-refractivity contribution < 1.29 is 9.18 Å². The summed E-state index contributed by atoms with van der Waals surface area (Å²) in [4.78, 5) is 24.0. The molecule has 3 heterocycles. The number of rotatable bonds is 7. The second kappa shape index (κ2) is 8.94. The molecular weight excluding hydrogens is 447 g/mol. The van der Waals surface area contributed by atoms with E-state index in [0.29, 0.717) is 34.6 Å². The van der Waals surface area contributed by atoms with E-state index in [-0.39, 0.29) is 11.6 Å². The molecule has 4 aromatic rings. The molecule has 0 unspecified atom stereocenters. The fraction of sp³-hybridized carbons (Fsp3) is 0.320. The lowest BCUT2D eigenvalue weighted by Crippen LogP contribution is -2.18. The van der Waals surface area contributed by atoms with Crippen LogP contribution in [0.25, 0.3) is 17.2 Å². The van der Waals surface area contributed by atoms with Gasteiger partial charge in [0.2, 0.25) is 0 Å². The number of carbonyl (C=O) groups is 1. The highest BCUT2D eigenvalue weighted by Gasteiger charge is 2.26. The molecule has 10 heteroatoms. The number of amides is 1. The fourth-order valence-corrected chi connectivity index (χ4v) is 3.97. The molecule has 1 aromatic carbocycles. The number of imidazole rings is 1. The smallest absolute Gasteiger partial charge is 0.259 e. The van der Waals surface area contributed by atoms with Crippen LogP contribution in [-0.4, -0.2) is 49.3 Å². The maximum absolute atomic E-state index is 15.1. The third-order valence-electron chi connectivity index (χ3n) is 6.02. The first kappa shape index (κ1) is 22.7. The van der Waals surface area contributed by atoms with Gasteiger partial charge in [0, 0.05) is 38.3 Å². The van der Waals surface area contributed by atoms with E-state index >= 15 is 4.39 Å². The number of benzene rings is 1. The lowest BCUT2D eigenvalue weighted by Gasteiger charge is -2.19. The standard InChI is InChI=1S/C25H27FN8O/c1-15(2)34-14-28-31-24(34)19-6-5-7-23(29-19)30-25(35)17-10-22(21(32(3)4)11-18(17)26)33-12-20(27-13-33)16-8-9-16/h5-7,10-16H,8-9H2,1-4H3,(H,29,30,35). The Kier molecular flexibility index (Phi) is 5.80. The summed E-state index contributed by atoms with van der Waals surface area (Å²) in [5, 5.41) is 10.9. The maximum Gasteiger partial charge on any atom is 0.259 e. The highest BCUT2D eigenvalue weighted by molar-refractivity contribution is 6.05. The van der Waals surface area contributed by atoms with Gasteiger partial charge >= 0.3 is 0 Å². The van der Waals surface area contributed by atoms with Crippen molar-refractivity contribution in [1.82, 2.24) is 29.3 Å². The van der Waals surface area contributed by atoms with E-state index in [1.54, 1.807) is 36.9 Å². The topological polar surface area (TPSA) is 93.8 Å². The lowest BCUT2D eigenvalue weighted by atomic mass is 10.1. The molecule has 35 heavy (non-hydrogen) atoms. The van der Waals surface area contributed by atoms with Crippen molar-refractivity contribution in [3.05, 3.63) is 66.3 Å². The minimum Gasteiger partial charge on any atom is -0.376 e. The predicted molar refractivity (Wildman–Crippen MR) is 131 cm³/mol. The van der Waals surface area contributed by atoms with Crippen molar-refractivity contribution in [2.75, 3.05) is 24.3 Å². The molecule has 5 rings (SSSR count). The zero-order valence-electron chi connectivity index (χ0n) is 20.1. The van der Waals surface area contributed by atoms with Crippen molar-refractivity contribution in [2.45, 2.75) is 38.6 Å². The SMILES string of the molecule is CC(C)n1cnnc1-c1cccc(NC(=O)c2cc(-n3cnc(C4CC4)c3)c(N(C)C)cc2F)n1. The monoisotopic (exact) mass is 474 g/mol. The van der Waals surface area contributed by atoms with Crippen LogP contribution < -0.4 is 10.2 Å².